The number of aliphatic hydroxyl groups is 1. The zero-order valence-corrected chi connectivity index (χ0v) is 9.54. The number of aryl methyl sites for hydroxylation is 1. The van der Waals surface area contributed by atoms with Crippen molar-refractivity contribution in [2.45, 2.75) is 20.5 Å². The van der Waals surface area contributed by atoms with E-state index in [1.807, 2.05) is 0 Å². The van der Waals surface area contributed by atoms with Gasteiger partial charge in [-0.1, -0.05) is 0 Å². The molecule has 0 bridgehead atoms. The molecule has 0 radical (unpaired) electrons. The van der Waals surface area contributed by atoms with Crippen LogP contribution in [0.5, 0.6) is 0 Å². The third kappa shape index (κ3) is 1.93. The van der Waals surface area contributed by atoms with Gasteiger partial charge in [-0.25, -0.2) is 13.8 Å². The molecule has 0 amide bonds. The Morgan fingerprint density at radius 1 is 1.24 bits per heavy atom. The van der Waals surface area contributed by atoms with E-state index >= 15 is 0 Å². The average molecular weight is 238 g/mol. The summed E-state index contributed by atoms with van der Waals surface area (Å²) in [5.41, 5.74) is 1.44. The molecule has 0 aliphatic heterocycles. The molecule has 0 aliphatic rings. The molecule has 0 unspecified atom stereocenters. The second kappa shape index (κ2) is 4.25. The number of rotatable bonds is 2. The van der Waals surface area contributed by atoms with Crippen LogP contribution >= 0.6 is 0 Å². The van der Waals surface area contributed by atoms with Gasteiger partial charge in [0.05, 0.1) is 18.6 Å². The van der Waals surface area contributed by atoms with Crippen LogP contribution in [-0.4, -0.2) is 14.7 Å². The Morgan fingerprint density at radius 3 is 2.24 bits per heavy atom. The molecule has 0 saturated heterocycles. The maximum absolute atomic E-state index is 13.8. The number of halogens is 2. The number of aromatic nitrogens is 2. The predicted octanol–water partition coefficient (Wildman–Crippen LogP) is 2.26. The summed E-state index contributed by atoms with van der Waals surface area (Å²) in [6.07, 6.45) is 1.38. The van der Waals surface area contributed by atoms with E-state index in [1.165, 1.54) is 10.9 Å². The molecule has 3 nitrogen and oxygen atoms in total. The lowest BCUT2D eigenvalue weighted by Crippen LogP contribution is -2.04. The van der Waals surface area contributed by atoms with E-state index in [9.17, 15) is 8.78 Å². The van der Waals surface area contributed by atoms with Crippen molar-refractivity contribution in [3.05, 3.63) is 47.0 Å². The Kier molecular flexibility index (Phi) is 2.93. The van der Waals surface area contributed by atoms with Crippen molar-refractivity contribution in [2.24, 2.45) is 0 Å². The van der Waals surface area contributed by atoms with Crippen molar-refractivity contribution < 1.29 is 13.9 Å². The van der Waals surface area contributed by atoms with Crippen LogP contribution in [-0.2, 0) is 6.61 Å². The highest BCUT2D eigenvalue weighted by molar-refractivity contribution is 5.40. The Morgan fingerprint density at radius 2 is 1.82 bits per heavy atom. The zero-order valence-electron chi connectivity index (χ0n) is 9.54. The highest BCUT2D eigenvalue weighted by atomic mass is 19.1. The van der Waals surface area contributed by atoms with Gasteiger partial charge in [-0.15, -0.1) is 0 Å². The largest absolute Gasteiger partial charge is 0.392 e. The number of benzene rings is 1. The summed E-state index contributed by atoms with van der Waals surface area (Å²) in [6.45, 7) is 3.11. The number of aliphatic hydroxyl groups excluding tert-OH is 1. The molecule has 1 N–H and O–H groups in total. The van der Waals surface area contributed by atoms with Gasteiger partial charge < -0.3 is 5.11 Å². The molecular formula is C12H12F2N2O. The van der Waals surface area contributed by atoms with Crippen LogP contribution in [0.15, 0.2) is 18.5 Å². The van der Waals surface area contributed by atoms with E-state index in [2.05, 4.69) is 4.98 Å². The van der Waals surface area contributed by atoms with Gasteiger partial charge in [0.1, 0.15) is 5.69 Å². The fraction of sp³-hybridized carbons (Fsp3) is 0.250. The van der Waals surface area contributed by atoms with Crippen LogP contribution in [0, 0.1) is 25.5 Å². The quantitative estimate of drug-likeness (QED) is 0.871. The molecule has 2 aromatic rings. The minimum Gasteiger partial charge on any atom is -0.392 e. The van der Waals surface area contributed by atoms with Gasteiger partial charge in [-0.05, 0) is 31.5 Å². The fourth-order valence-electron chi connectivity index (χ4n) is 1.66. The number of hydrogen-bond donors (Lipinski definition) is 1. The summed E-state index contributed by atoms with van der Waals surface area (Å²) < 4.78 is 28.9. The molecule has 0 aliphatic carbocycles. The minimum absolute atomic E-state index is 0.166. The Hall–Kier alpha value is -1.75. The summed E-state index contributed by atoms with van der Waals surface area (Å²) in [6, 6.07) is 2.24. The topological polar surface area (TPSA) is 38.0 Å². The van der Waals surface area contributed by atoms with Gasteiger partial charge in [0, 0.05) is 5.69 Å². The van der Waals surface area contributed by atoms with Crippen molar-refractivity contribution in [3.8, 4) is 5.69 Å². The summed E-state index contributed by atoms with van der Waals surface area (Å²) in [4.78, 5) is 4.00. The lowest BCUT2D eigenvalue weighted by molar-refractivity contribution is 0.280. The molecular weight excluding hydrogens is 226 g/mol. The minimum atomic E-state index is -0.713. The third-order valence-corrected chi connectivity index (χ3v) is 2.75. The molecule has 0 saturated carbocycles. The molecule has 1 aromatic carbocycles. The van der Waals surface area contributed by atoms with Crippen LogP contribution in [0.25, 0.3) is 5.69 Å². The normalized spacial score (nSPS) is 10.9. The van der Waals surface area contributed by atoms with Gasteiger partial charge in [0.25, 0.3) is 0 Å². The maximum Gasteiger partial charge on any atom is 0.150 e. The van der Waals surface area contributed by atoms with E-state index in [4.69, 9.17) is 5.11 Å². The smallest absolute Gasteiger partial charge is 0.150 e. The molecule has 1 heterocycles. The molecule has 90 valence electrons. The van der Waals surface area contributed by atoms with Gasteiger partial charge in [-0.2, -0.15) is 0 Å². The van der Waals surface area contributed by atoms with E-state index in [-0.39, 0.29) is 11.3 Å². The lowest BCUT2D eigenvalue weighted by atomic mass is 10.2. The van der Waals surface area contributed by atoms with Crippen molar-refractivity contribution in [1.29, 1.82) is 0 Å². The number of nitrogens with zero attached hydrogens (tertiary/aromatic N) is 2. The standard InChI is InChI=1S/C12H12F2N2O/c1-7-8(2)16(6-15-7)12-10(13)3-9(5-17)4-11(12)14/h3-4,6,17H,5H2,1-2H3. The SMILES string of the molecule is Cc1ncn(-c2c(F)cc(CO)cc2F)c1C. The van der Waals surface area contributed by atoms with Gasteiger partial charge in [0.2, 0.25) is 0 Å². The fourth-order valence-corrected chi connectivity index (χ4v) is 1.66. The third-order valence-electron chi connectivity index (χ3n) is 2.75. The molecule has 2 rings (SSSR count). The molecule has 0 fully saturated rings. The van der Waals surface area contributed by atoms with E-state index in [0.29, 0.717) is 5.69 Å². The van der Waals surface area contributed by atoms with Crippen LogP contribution < -0.4 is 0 Å². The Bertz CT molecular complexity index is 541. The molecule has 0 spiro atoms. The van der Waals surface area contributed by atoms with Crippen molar-refractivity contribution in [1.82, 2.24) is 9.55 Å². The van der Waals surface area contributed by atoms with Crippen molar-refractivity contribution in [3.63, 3.8) is 0 Å². The monoisotopic (exact) mass is 238 g/mol. The number of hydrogen-bond acceptors (Lipinski definition) is 2. The van der Waals surface area contributed by atoms with E-state index < -0.39 is 18.2 Å². The number of imidazole rings is 1. The first-order valence-electron chi connectivity index (χ1n) is 5.14. The maximum atomic E-state index is 13.8. The van der Waals surface area contributed by atoms with Crippen LogP contribution in [0.4, 0.5) is 8.78 Å². The average Bonchev–Trinajstić information content (AvgIpc) is 2.60. The predicted molar refractivity (Wildman–Crippen MR) is 58.9 cm³/mol. The van der Waals surface area contributed by atoms with Gasteiger partial charge in [-0.3, -0.25) is 4.57 Å². The molecule has 17 heavy (non-hydrogen) atoms. The van der Waals surface area contributed by atoms with Crippen molar-refractivity contribution >= 4 is 0 Å². The van der Waals surface area contributed by atoms with Gasteiger partial charge in [0.15, 0.2) is 11.6 Å². The van der Waals surface area contributed by atoms with E-state index in [1.54, 1.807) is 13.8 Å². The lowest BCUT2D eigenvalue weighted by Gasteiger charge is -2.09. The summed E-state index contributed by atoms with van der Waals surface area (Å²) in [5, 5.41) is 8.85. The highest BCUT2D eigenvalue weighted by Gasteiger charge is 2.15. The summed E-state index contributed by atoms with van der Waals surface area (Å²) >= 11 is 0. The van der Waals surface area contributed by atoms with Crippen LogP contribution in [0.1, 0.15) is 17.0 Å². The first-order chi connectivity index (χ1) is 8.04. The highest BCUT2D eigenvalue weighted by Crippen LogP contribution is 2.22. The molecule has 5 heteroatoms. The summed E-state index contributed by atoms with van der Waals surface area (Å²) in [7, 11) is 0. The first-order valence-corrected chi connectivity index (χ1v) is 5.14. The Labute approximate surface area is 97.3 Å². The second-order valence-corrected chi connectivity index (χ2v) is 3.85. The van der Waals surface area contributed by atoms with Crippen LogP contribution in [0.3, 0.4) is 0 Å². The molecule has 0 atom stereocenters. The van der Waals surface area contributed by atoms with Crippen molar-refractivity contribution in [2.75, 3.05) is 0 Å². The Balaban J connectivity index is 2.64. The zero-order chi connectivity index (χ0) is 12.6. The first kappa shape index (κ1) is 11.7. The summed E-state index contributed by atoms with van der Waals surface area (Å²) in [5.74, 6) is -1.43. The molecule has 1 aromatic heterocycles. The van der Waals surface area contributed by atoms with E-state index in [0.717, 1.165) is 17.8 Å². The second-order valence-electron chi connectivity index (χ2n) is 3.85. The van der Waals surface area contributed by atoms with Crippen LogP contribution in [0.2, 0.25) is 0 Å². The van der Waals surface area contributed by atoms with Gasteiger partial charge >= 0.3 is 0 Å².